The van der Waals surface area contributed by atoms with E-state index in [0.717, 1.165) is 163 Å². The van der Waals surface area contributed by atoms with Crippen molar-refractivity contribution < 1.29 is 38.1 Å². The molecule has 4 amide bonds. The van der Waals surface area contributed by atoms with Crippen molar-refractivity contribution in [3.8, 4) is 0 Å². The van der Waals surface area contributed by atoms with Gasteiger partial charge in [0.1, 0.15) is 0 Å². The maximum absolute atomic E-state index is 10.2. The van der Waals surface area contributed by atoms with Crippen LogP contribution in [0.5, 0.6) is 0 Å². The van der Waals surface area contributed by atoms with Crippen LogP contribution in [0.1, 0.15) is 328 Å². The summed E-state index contributed by atoms with van der Waals surface area (Å²) in [6.45, 7) is 103. The standard InChI is InChI=1S/C5H11N.C4H8N2O.C4H10N2.C4H8N2.C4H7NO2.C4H9NO.C4H7NO.C4H7NS.C4H8O2.C3H5NOS.20C2H6/c1-2-4-6-5-3-1;7-4-5-2-1-3-6-4;1-2-6-4-3-5-1;1-2-5-4-6-3-1;6-4-5-2-1-3-7-4;1-3-6-4-2-5-1;2*1-2-5-4-6-3-1;1-2-6-4-3-5-1;5-3-4-1-2-6-3;20*1-2/h6H,1-5H2;1-3H2,(H2,5,6,7);5-6H,1-4H2;4H,1-3H2,(H,5,6);1-3H2,(H,5,6);5H,1-4H2;2*4H,1-3H2;1-4H2;1-2H2,(H,4,5);20*1-2H3. The molecule has 0 aromatic rings. The molecule has 0 aromatic heterocycles. The van der Waals surface area contributed by atoms with Gasteiger partial charge in [0.15, 0.2) is 6.40 Å². The van der Waals surface area contributed by atoms with Gasteiger partial charge in [-0.1, -0.05) is 295 Å². The monoisotopic (exact) mass is 1520 g/mol. The Bertz CT molecular complexity index is 917. The summed E-state index contributed by atoms with van der Waals surface area (Å²) in [6, 6.07) is -0.0359. The number of nitrogens with zero attached hydrogens (tertiary/aromatic N) is 3. The fourth-order valence-corrected chi connectivity index (χ4v) is 6.21. The van der Waals surface area contributed by atoms with Gasteiger partial charge >= 0.3 is 12.1 Å². The molecule has 10 aliphatic rings. The van der Waals surface area contributed by atoms with Crippen LogP contribution in [0, 0.1) is 0 Å². The molecule has 22 heteroatoms. The summed E-state index contributed by atoms with van der Waals surface area (Å²) in [5.74, 6) is 2.21. The zero-order valence-electron chi connectivity index (χ0n) is 77.2. The SMILES string of the molecule is C1=NCCCN1.C1=NCCCO1.C1=NCCCS1.C1CCNCC1.C1CNCCN1.C1COCCN1.C1COCCO1.CC.CC.CC.CC.CC.CC.CC.CC.CC.CC.CC.CC.CC.CC.CC.CC.CC.CC.CC.CC.O=C1NCCCN1.O=C1NCCCO1.O=C1NCCS1. The number of piperazine rings is 1. The molecule has 0 radical (unpaired) electrons. The number of alkyl carbamates (subject to hydrolysis) is 1. The summed E-state index contributed by atoms with van der Waals surface area (Å²) in [7, 11) is 0. The van der Waals surface area contributed by atoms with Crippen molar-refractivity contribution in [2.75, 3.05) is 169 Å². The summed E-state index contributed by atoms with van der Waals surface area (Å²) in [5, 5.41) is 26.4. The van der Waals surface area contributed by atoms with Crippen LogP contribution < -0.4 is 47.9 Å². The number of nitrogens with one attached hydrogen (secondary N) is 9. The number of ether oxygens (including phenoxy) is 5. The molecule has 0 spiro atoms. The molecule has 0 aromatic carbocycles. The van der Waals surface area contributed by atoms with Gasteiger partial charge in [-0.25, -0.2) is 9.59 Å². The Hall–Kier alpha value is -2.96. The van der Waals surface area contributed by atoms with Crippen molar-refractivity contribution in [2.45, 2.75) is 328 Å². The molecule has 0 unspecified atom stereocenters. The molecule has 7 fully saturated rings. The van der Waals surface area contributed by atoms with Crippen molar-refractivity contribution in [3.63, 3.8) is 0 Å². The van der Waals surface area contributed by atoms with Crippen LogP contribution >= 0.6 is 23.5 Å². The number of thioether (sulfide) groups is 2. The molecule has 0 saturated carbocycles. The number of urea groups is 1. The van der Waals surface area contributed by atoms with Gasteiger partial charge in [-0.3, -0.25) is 19.8 Å². The Labute approximate surface area is 654 Å². The van der Waals surface area contributed by atoms with Crippen LogP contribution in [0.2, 0.25) is 0 Å². The lowest BCUT2D eigenvalue weighted by Gasteiger charge is -2.11. The minimum Gasteiger partial charge on any atom is -0.483 e. The number of carbonyl (C=O) groups excluding carboxylic acids is 3. The van der Waals surface area contributed by atoms with Crippen LogP contribution in [0.4, 0.5) is 14.4 Å². The van der Waals surface area contributed by atoms with Gasteiger partial charge in [-0.15, -0.1) is 11.8 Å². The first-order chi connectivity index (χ1) is 50.7. The molecule has 10 heterocycles. The highest BCUT2D eigenvalue weighted by molar-refractivity contribution is 8.13. The minimum atomic E-state index is -0.286. The van der Waals surface area contributed by atoms with E-state index < -0.39 is 0 Å². The number of piperidine rings is 1. The predicted molar refractivity (Wildman–Crippen MR) is 481 cm³/mol. The normalized spacial score (nSPS) is 14.5. The van der Waals surface area contributed by atoms with Crippen LogP contribution in [0.15, 0.2) is 15.0 Å². The van der Waals surface area contributed by atoms with Crippen molar-refractivity contribution in [3.05, 3.63) is 0 Å². The molecule has 0 atom stereocenters. The lowest BCUT2D eigenvalue weighted by molar-refractivity contribution is -0.0334. The Balaban J connectivity index is -0.0000000386. The topological polar surface area (TPSA) is 243 Å². The lowest BCUT2D eigenvalue weighted by atomic mass is 10.2. The number of carbonyl (C=O) groups is 3. The van der Waals surface area contributed by atoms with Gasteiger partial charge in [0, 0.05) is 110 Å². The van der Waals surface area contributed by atoms with Gasteiger partial charge in [-0.05, 0) is 51.6 Å². The Kier molecular flexibility index (Phi) is 358. The van der Waals surface area contributed by atoms with E-state index in [1.165, 1.54) is 69.1 Å². The predicted octanol–water partition coefficient (Wildman–Crippen LogP) is 21.9. The van der Waals surface area contributed by atoms with E-state index in [4.69, 9.17) is 18.9 Å². The molecule has 9 N–H and O–H groups in total. The van der Waals surface area contributed by atoms with E-state index in [2.05, 4.69) is 67.6 Å². The average Bonchev–Trinajstić information content (AvgIpc) is 4.39. The third-order valence-electron chi connectivity index (χ3n) is 8.30. The van der Waals surface area contributed by atoms with E-state index in [1.807, 2.05) is 282 Å². The Morgan fingerprint density at radius 3 is 0.804 bits per heavy atom. The largest absolute Gasteiger partial charge is 0.483 e. The zero-order chi connectivity index (χ0) is 84.3. The molecule has 102 heavy (non-hydrogen) atoms. The third kappa shape index (κ3) is 233. The number of rotatable bonds is 0. The first kappa shape index (κ1) is 152. The molecule has 640 valence electrons. The number of cyclic esters (lactones) is 1. The van der Waals surface area contributed by atoms with Crippen molar-refractivity contribution in [1.82, 2.24) is 47.9 Å². The highest BCUT2D eigenvalue weighted by Crippen LogP contribution is 2.05. The van der Waals surface area contributed by atoms with Gasteiger partial charge in [0.25, 0.3) is 5.24 Å². The summed E-state index contributed by atoms with van der Waals surface area (Å²) >= 11 is 3.15. The molecule has 0 aliphatic carbocycles. The summed E-state index contributed by atoms with van der Waals surface area (Å²) < 4.78 is 24.2. The van der Waals surface area contributed by atoms with Gasteiger partial charge < -0.3 is 71.5 Å². The average molecular weight is 1520 g/mol. The maximum atomic E-state index is 10.2. The first-order valence-corrected chi connectivity index (χ1v) is 44.5. The number of aliphatic imine (C=N–C) groups is 3. The van der Waals surface area contributed by atoms with E-state index in [-0.39, 0.29) is 17.4 Å². The summed E-state index contributed by atoms with van der Waals surface area (Å²) in [5.41, 5.74) is 1.93. The highest BCUT2D eigenvalue weighted by atomic mass is 32.2. The van der Waals surface area contributed by atoms with Crippen molar-refractivity contribution in [2.24, 2.45) is 15.0 Å². The molecule has 7 saturated heterocycles. The van der Waals surface area contributed by atoms with Gasteiger partial charge in [-0.2, -0.15) is 0 Å². The van der Waals surface area contributed by atoms with Gasteiger partial charge in [0.05, 0.1) is 64.7 Å². The van der Waals surface area contributed by atoms with E-state index in [9.17, 15) is 14.4 Å². The van der Waals surface area contributed by atoms with Crippen LogP contribution in [0.25, 0.3) is 0 Å². The molecule has 10 rings (SSSR count). The van der Waals surface area contributed by atoms with Crippen LogP contribution in [0.3, 0.4) is 0 Å². The summed E-state index contributed by atoms with van der Waals surface area (Å²) in [6.07, 6.45) is 12.7. The van der Waals surface area contributed by atoms with E-state index in [0.29, 0.717) is 6.61 Å². The number of hydrogen-bond acceptors (Lipinski definition) is 18. The third-order valence-corrected chi connectivity index (χ3v) is 9.93. The number of morpholine rings is 1. The van der Waals surface area contributed by atoms with E-state index >= 15 is 0 Å². The zero-order valence-corrected chi connectivity index (χ0v) is 78.8. The number of amides is 4. The summed E-state index contributed by atoms with van der Waals surface area (Å²) in [4.78, 5) is 42.3. The van der Waals surface area contributed by atoms with Crippen LogP contribution in [-0.2, 0) is 23.7 Å². The second-order valence-corrected chi connectivity index (χ2v) is 15.7. The molecule has 0 bridgehead atoms. The second kappa shape index (κ2) is 240. The van der Waals surface area contributed by atoms with Gasteiger partial charge in [0.2, 0.25) is 0 Å². The smallest absolute Gasteiger partial charge is 0.407 e. The number of hydrogen-bond donors (Lipinski definition) is 9. The molecular formula is C80H200N12O8S2. The Morgan fingerprint density at radius 2 is 0.686 bits per heavy atom. The second-order valence-electron chi connectivity index (χ2n) is 13.7. The lowest BCUT2D eigenvalue weighted by Crippen LogP contribution is -2.42. The first-order valence-electron chi connectivity index (χ1n) is 42.5. The fourth-order valence-electron chi connectivity index (χ4n) is 5.00. The van der Waals surface area contributed by atoms with E-state index in [1.54, 1.807) is 18.1 Å². The van der Waals surface area contributed by atoms with Crippen molar-refractivity contribution in [1.29, 1.82) is 0 Å². The van der Waals surface area contributed by atoms with Crippen LogP contribution in [-0.4, -0.2) is 205 Å². The quantitative estimate of drug-likeness (QED) is 0.110. The maximum Gasteiger partial charge on any atom is 0.407 e. The fraction of sp³-hybridized carbons (Fsp3) is 0.925. The molecular weight excluding hydrogens is 1320 g/mol. The molecule has 20 nitrogen and oxygen atoms in total. The Morgan fingerprint density at radius 1 is 0.304 bits per heavy atom. The highest BCUT2D eigenvalue weighted by Gasteiger charge is 2.07. The van der Waals surface area contributed by atoms with Crippen molar-refractivity contribution >= 4 is 59.2 Å². The molecule has 10 aliphatic heterocycles. The minimum absolute atomic E-state index is 0.0359.